The first-order chi connectivity index (χ1) is 9.26. The molecule has 1 aliphatic rings. The number of hydrogen-bond acceptors (Lipinski definition) is 5. The van der Waals surface area contributed by atoms with E-state index in [2.05, 4.69) is 27.1 Å². The van der Waals surface area contributed by atoms with Gasteiger partial charge < -0.3 is 19.9 Å². The van der Waals surface area contributed by atoms with Gasteiger partial charge in [0.05, 0.1) is 13.4 Å². The topological polar surface area (TPSA) is 70.2 Å². The van der Waals surface area contributed by atoms with E-state index in [1.807, 2.05) is 0 Å². The number of nitrogens with one attached hydrogen (secondary N) is 2. The van der Waals surface area contributed by atoms with Gasteiger partial charge in [0.1, 0.15) is 0 Å². The molecule has 0 aromatic carbocycles. The zero-order chi connectivity index (χ0) is 13.7. The fourth-order valence-corrected chi connectivity index (χ4v) is 2.48. The van der Waals surface area contributed by atoms with E-state index < -0.39 is 0 Å². The van der Waals surface area contributed by atoms with E-state index in [1.54, 1.807) is 0 Å². The molecule has 0 aliphatic carbocycles. The molecule has 106 valence electrons. The minimum atomic E-state index is -0.220. The molecular weight excluding hydrogens is 244 g/mol. The van der Waals surface area contributed by atoms with Crippen LogP contribution in [-0.2, 0) is 0 Å². The van der Waals surface area contributed by atoms with E-state index in [1.165, 1.54) is 13.4 Å². The van der Waals surface area contributed by atoms with Gasteiger partial charge >= 0.3 is 0 Å². The summed E-state index contributed by atoms with van der Waals surface area (Å²) in [6.07, 6.45) is 3.67. The highest BCUT2D eigenvalue weighted by molar-refractivity contribution is 5.50. The number of methoxy groups -OCH3 is 1. The van der Waals surface area contributed by atoms with Gasteiger partial charge in [0, 0.05) is 13.1 Å². The van der Waals surface area contributed by atoms with Crippen molar-refractivity contribution in [2.75, 3.05) is 38.2 Å². The summed E-state index contributed by atoms with van der Waals surface area (Å²) < 4.78 is 5.16. The molecule has 19 heavy (non-hydrogen) atoms. The number of H-pyrrole nitrogens is 1. The SMILES string of the molecule is CCNCC1CCN(c2nc[nH]c(=O)c2OC)CC1. The number of nitrogens with zero attached hydrogens (tertiary/aromatic N) is 2. The fourth-order valence-electron chi connectivity index (χ4n) is 2.48. The Labute approximate surface area is 113 Å². The van der Waals surface area contributed by atoms with Gasteiger partial charge in [-0.1, -0.05) is 6.92 Å². The molecule has 2 N–H and O–H groups in total. The third kappa shape index (κ3) is 3.26. The first-order valence-corrected chi connectivity index (χ1v) is 6.83. The maximum atomic E-state index is 11.7. The molecule has 0 radical (unpaired) electrons. The predicted molar refractivity (Wildman–Crippen MR) is 74.9 cm³/mol. The van der Waals surface area contributed by atoms with Crippen LogP contribution in [0.3, 0.4) is 0 Å². The molecule has 6 heteroatoms. The summed E-state index contributed by atoms with van der Waals surface area (Å²) in [4.78, 5) is 20.6. The van der Waals surface area contributed by atoms with Gasteiger partial charge in [0.15, 0.2) is 5.82 Å². The van der Waals surface area contributed by atoms with Gasteiger partial charge in [-0.05, 0) is 31.8 Å². The number of hydrogen-bond donors (Lipinski definition) is 2. The monoisotopic (exact) mass is 266 g/mol. The van der Waals surface area contributed by atoms with Gasteiger partial charge in [0.2, 0.25) is 5.75 Å². The molecule has 0 unspecified atom stereocenters. The molecule has 0 bridgehead atoms. The number of anilines is 1. The molecule has 1 saturated heterocycles. The van der Waals surface area contributed by atoms with Gasteiger partial charge in [-0.3, -0.25) is 4.79 Å². The van der Waals surface area contributed by atoms with Crippen LogP contribution >= 0.6 is 0 Å². The maximum absolute atomic E-state index is 11.7. The number of aromatic nitrogens is 2. The molecule has 1 fully saturated rings. The van der Waals surface area contributed by atoms with Crippen LogP contribution in [0, 0.1) is 5.92 Å². The molecule has 0 atom stereocenters. The number of ether oxygens (including phenoxy) is 1. The summed E-state index contributed by atoms with van der Waals surface area (Å²) in [5.41, 5.74) is -0.220. The number of rotatable bonds is 5. The Kier molecular flexibility index (Phi) is 4.79. The Morgan fingerprint density at radius 1 is 1.53 bits per heavy atom. The van der Waals surface area contributed by atoms with Gasteiger partial charge in [-0.2, -0.15) is 0 Å². The maximum Gasteiger partial charge on any atom is 0.295 e. The number of piperidine rings is 1. The van der Waals surface area contributed by atoms with Gasteiger partial charge in [-0.15, -0.1) is 0 Å². The molecule has 2 rings (SSSR count). The summed E-state index contributed by atoms with van der Waals surface area (Å²) in [5, 5.41) is 3.39. The fraction of sp³-hybridized carbons (Fsp3) is 0.692. The average molecular weight is 266 g/mol. The summed E-state index contributed by atoms with van der Waals surface area (Å²) in [6.45, 7) is 6.06. The lowest BCUT2D eigenvalue weighted by Crippen LogP contribution is -2.38. The summed E-state index contributed by atoms with van der Waals surface area (Å²) in [5.74, 6) is 1.69. The smallest absolute Gasteiger partial charge is 0.295 e. The summed E-state index contributed by atoms with van der Waals surface area (Å²) in [6, 6.07) is 0. The van der Waals surface area contributed by atoms with E-state index in [4.69, 9.17) is 4.74 Å². The van der Waals surface area contributed by atoms with Crippen molar-refractivity contribution in [1.29, 1.82) is 0 Å². The Morgan fingerprint density at radius 3 is 2.89 bits per heavy atom. The molecule has 1 aromatic heterocycles. The van der Waals surface area contributed by atoms with Crippen molar-refractivity contribution in [2.45, 2.75) is 19.8 Å². The molecule has 0 amide bonds. The van der Waals surface area contributed by atoms with Crippen LogP contribution in [0.25, 0.3) is 0 Å². The molecule has 2 heterocycles. The highest BCUT2D eigenvalue weighted by Crippen LogP contribution is 2.26. The predicted octanol–water partition coefficient (Wildman–Crippen LogP) is 0.604. The van der Waals surface area contributed by atoms with Crippen LogP contribution < -0.4 is 20.5 Å². The highest BCUT2D eigenvalue weighted by Gasteiger charge is 2.23. The van der Waals surface area contributed by atoms with Crippen molar-refractivity contribution in [3.63, 3.8) is 0 Å². The van der Waals surface area contributed by atoms with Crippen molar-refractivity contribution >= 4 is 5.82 Å². The van der Waals surface area contributed by atoms with Crippen molar-refractivity contribution in [3.8, 4) is 5.75 Å². The van der Waals surface area contributed by atoms with Crippen LogP contribution in [0.5, 0.6) is 5.75 Å². The molecule has 1 aliphatic heterocycles. The van der Waals surface area contributed by atoms with Crippen LogP contribution in [0.1, 0.15) is 19.8 Å². The van der Waals surface area contributed by atoms with E-state index in [0.29, 0.717) is 17.5 Å². The average Bonchev–Trinajstić information content (AvgIpc) is 2.45. The van der Waals surface area contributed by atoms with Crippen LogP contribution in [0.2, 0.25) is 0 Å². The third-order valence-electron chi connectivity index (χ3n) is 3.59. The molecule has 1 aromatic rings. The van der Waals surface area contributed by atoms with Crippen LogP contribution in [0.4, 0.5) is 5.82 Å². The first-order valence-electron chi connectivity index (χ1n) is 6.83. The van der Waals surface area contributed by atoms with Crippen molar-refractivity contribution in [2.24, 2.45) is 5.92 Å². The lowest BCUT2D eigenvalue weighted by Gasteiger charge is -2.33. The van der Waals surface area contributed by atoms with E-state index >= 15 is 0 Å². The highest BCUT2D eigenvalue weighted by atomic mass is 16.5. The van der Waals surface area contributed by atoms with Crippen LogP contribution in [0.15, 0.2) is 11.1 Å². The Bertz CT molecular complexity index is 452. The second-order valence-electron chi connectivity index (χ2n) is 4.83. The lowest BCUT2D eigenvalue weighted by molar-refractivity contribution is 0.374. The van der Waals surface area contributed by atoms with E-state index in [9.17, 15) is 4.79 Å². The minimum Gasteiger partial charge on any atom is -0.489 e. The largest absolute Gasteiger partial charge is 0.489 e. The third-order valence-corrected chi connectivity index (χ3v) is 3.59. The second kappa shape index (κ2) is 6.56. The van der Waals surface area contributed by atoms with Crippen LogP contribution in [-0.4, -0.2) is 43.3 Å². The van der Waals surface area contributed by atoms with Crippen molar-refractivity contribution in [1.82, 2.24) is 15.3 Å². The van der Waals surface area contributed by atoms with E-state index in [0.717, 1.165) is 39.0 Å². The first kappa shape index (κ1) is 13.9. The standard InChI is InChI=1S/C13H22N4O2/c1-3-14-8-10-4-6-17(7-5-10)12-11(19-2)13(18)16-9-15-12/h9-10,14H,3-8H2,1-2H3,(H,15,16,18). The van der Waals surface area contributed by atoms with Gasteiger partial charge in [0.25, 0.3) is 5.56 Å². The summed E-state index contributed by atoms with van der Waals surface area (Å²) in [7, 11) is 1.51. The summed E-state index contributed by atoms with van der Waals surface area (Å²) >= 11 is 0. The quantitative estimate of drug-likeness (QED) is 0.817. The zero-order valence-electron chi connectivity index (χ0n) is 11.6. The minimum absolute atomic E-state index is 0.220. The van der Waals surface area contributed by atoms with Crippen molar-refractivity contribution in [3.05, 3.63) is 16.7 Å². The molecule has 0 spiro atoms. The molecule has 6 nitrogen and oxygen atoms in total. The zero-order valence-corrected chi connectivity index (χ0v) is 11.6. The molecule has 0 saturated carbocycles. The Hall–Kier alpha value is -1.56. The second-order valence-corrected chi connectivity index (χ2v) is 4.83. The Balaban J connectivity index is 2.02. The number of aromatic amines is 1. The lowest BCUT2D eigenvalue weighted by atomic mass is 9.97. The van der Waals surface area contributed by atoms with Gasteiger partial charge in [-0.25, -0.2) is 4.98 Å². The Morgan fingerprint density at radius 2 is 2.26 bits per heavy atom. The van der Waals surface area contributed by atoms with Crippen molar-refractivity contribution < 1.29 is 4.74 Å². The van der Waals surface area contributed by atoms with E-state index in [-0.39, 0.29) is 5.56 Å². The normalized spacial score (nSPS) is 16.6. The molecular formula is C13H22N4O2.